The second-order valence-electron chi connectivity index (χ2n) is 5.85. The lowest BCUT2D eigenvalue weighted by Gasteiger charge is -2.58. The van der Waals surface area contributed by atoms with Crippen LogP contribution in [0.2, 0.25) is 0 Å². The van der Waals surface area contributed by atoms with E-state index in [9.17, 15) is 14.7 Å². The first kappa shape index (κ1) is 16.8. The maximum Gasteiger partial charge on any atom is 0.330 e. The number of thiophene rings is 1. The minimum Gasteiger partial charge on any atom is -0.495 e. The molecule has 0 spiro atoms. The molecule has 2 N–H and O–H groups in total. The number of carboxylic acids is 1. The summed E-state index contributed by atoms with van der Waals surface area (Å²) in [6.45, 7) is 5.98. The third kappa shape index (κ3) is 2.38. The summed E-state index contributed by atoms with van der Waals surface area (Å²) in [7, 11) is 1.48. The molecule has 7 heteroatoms. The number of hydrogen-bond donors (Lipinski definition) is 2. The highest BCUT2D eigenvalue weighted by atomic mass is 32.1. The van der Waals surface area contributed by atoms with Gasteiger partial charge in [0, 0.05) is 18.4 Å². The highest BCUT2D eigenvalue weighted by Gasteiger charge is 2.66. The average molecular weight is 327 g/mol. The van der Waals surface area contributed by atoms with Crippen LogP contribution in [0.5, 0.6) is 5.75 Å². The van der Waals surface area contributed by atoms with Gasteiger partial charge in [0.1, 0.15) is 16.2 Å². The number of hydrogen-bond acceptors (Lipinski definition) is 5. The SMILES string of the molecule is CCO[C@H]1C[C@@](NC(=O)c2sccc2OC)(C(=O)O)C1(C)C. The van der Waals surface area contributed by atoms with Gasteiger partial charge in [-0.05, 0) is 18.4 Å². The van der Waals surface area contributed by atoms with Crippen molar-refractivity contribution in [2.24, 2.45) is 5.41 Å². The topological polar surface area (TPSA) is 84.9 Å². The van der Waals surface area contributed by atoms with Gasteiger partial charge in [0.2, 0.25) is 0 Å². The third-order valence-corrected chi connectivity index (χ3v) is 5.41. The summed E-state index contributed by atoms with van der Waals surface area (Å²) in [6.07, 6.45) is 0.0573. The van der Waals surface area contributed by atoms with Gasteiger partial charge in [-0.25, -0.2) is 4.79 Å². The highest BCUT2D eigenvalue weighted by Crippen LogP contribution is 2.51. The Morgan fingerprint density at radius 1 is 1.50 bits per heavy atom. The standard InChI is InChI=1S/C15H21NO5S/c1-5-21-10-8-15(13(18)19,14(10,2)3)16-12(17)11-9(20-4)6-7-22-11/h6-7,10H,5,8H2,1-4H3,(H,16,17)(H,18,19)/t10-,15+/m0/s1. The molecule has 0 bridgehead atoms. The summed E-state index contributed by atoms with van der Waals surface area (Å²) in [5.41, 5.74) is -2.03. The summed E-state index contributed by atoms with van der Waals surface area (Å²) in [5.74, 6) is -1.03. The Morgan fingerprint density at radius 3 is 2.68 bits per heavy atom. The number of methoxy groups -OCH3 is 1. The molecule has 0 radical (unpaired) electrons. The fraction of sp³-hybridized carbons (Fsp3) is 0.600. The number of carbonyl (C=O) groups is 2. The summed E-state index contributed by atoms with van der Waals surface area (Å²) >= 11 is 1.22. The van der Waals surface area contributed by atoms with Crippen molar-refractivity contribution in [3.8, 4) is 5.75 Å². The minimum absolute atomic E-state index is 0.195. The average Bonchev–Trinajstić information content (AvgIpc) is 2.93. The van der Waals surface area contributed by atoms with Crippen LogP contribution in [0.3, 0.4) is 0 Å². The number of ether oxygens (including phenoxy) is 2. The smallest absolute Gasteiger partial charge is 0.330 e. The Labute approximate surface area is 133 Å². The van der Waals surface area contributed by atoms with Crippen LogP contribution in [0.25, 0.3) is 0 Å². The van der Waals surface area contributed by atoms with E-state index in [4.69, 9.17) is 9.47 Å². The van der Waals surface area contributed by atoms with Gasteiger partial charge in [-0.15, -0.1) is 11.3 Å². The van der Waals surface area contributed by atoms with Gasteiger partial charge >= 0.3 is 5.97 Å². The number of carboxylic acid groups (broad SMARTS) is 1. The van der Waals surface area contributed by atoms with Crippen molar-refractivity contribution in [3.05, 3.63) is 16.3 Å². The van der Waals surface area contributed by atoms with E-state index < -0.39 is 22.8 Å². The largest absolute Gasteiger partial charge is 0.495 e. The van der Waals surface area contributed by atoms with Crippen LogP contribution in [0.15, 0.2) is 11.4 Å². The van der Waals surface area contributed by atoms with Gasteiger partial charge in [0.05, 0.1) is 13.2 Å². The lowest BCUT2D eigenvalue weighted by atomic mass is 9.54. The lowest BCUT2D eigenvalue weighted by Crippen LogP contribution is -2.76. The Balaban J connectivity index is 2.24. The first-order valence-corrected chi connectivity index (χ1v) is 7.97. The quantitative estimate of drug-likeness (QED) is 0.836. The minimum atomic E-state index is -1.33. The first-order valence-electron chi connectivity index (χ1n) is 7.09. The van der Waals surface area contributed by atoms with Gasteiger partial charge in [0.25, 0.3) is 5.91 Å². The number of rotatable bonds is 6. The Kier molecular flexibility index (Phi) is 4.49. The second kappa shape index (κ2) is 5.89. The van der Waals surface area contributed by atoms with Crippen LogP contribution in [0.1, 0.15) is 36.9 Å². The van der Waals surface area contributed by atoms with Crippen molar-refractivity contribution in [2.45, 2.75) is 38.8 Å². The van der Waals surface area contributed by atoms with Crippen molar-refractivity contribution in [1.82, 2.24) is 5.32 Å². The molecule has 2 atom stereocenters. The summed E-state index contributed by atoms with van der Waals surface area (Å²) < 4.78 is 10.7. The molecule has 1 heterocycles. The van der Waals surface area contributed by atoms with Gasteiger partial charge < -0.3 is 19.9 Å². The molecule has 6 nitrogen and oxygen atoms in total. The van der Waals surface area contributed by atoms with Gasteiger partial charge in [0.15, 0.2) is 0 Å². The fourth-order valence-corrected chi connectivity index (χ4v) is 3.66. The van der Waals surface area contributed by atoms with E-state index in [1.165, 1.54) is 18.4 Å². The first-order chi connectivity index (χ1) is 10.3. The molecule has 0 unspecified atom stereocenters. The van der Waals surface area contributed by atoms with Crippen LogP contribution in [-0.2, 0) is 9.53 Å². The maximum absolute atomic E-state index is 12.5. The molecule has 1 fully saturated rings. The molecule has 0 aliphatic heterocycles. The molecule has 0 saturated heterocycles. The van der Waals surface area contributed by atoms with Crippen molar-refractivity contribution in [1.29, 1.82) is 0 Å². The molecular weight excluding hydrogens is 306 g/mol. The molecule has 122 valence electrons. The molecule has 1 aromatic heterocycles. The van der Waals surface area contributed by atoms with E-state index in [-0.39, 0.29) is 12.5 Å². The van der Waals surface area contributed by atoms with E-state index in [2.05, 4.69) is 5.32 Å². The van der Waals surface area contributed by atoms with Crippen molar-refractivity contribution >= 4 is 23.2 Å². The molecule has 1 amide bonds. The summed E-state index contributed by atoms with van der Waals surface area (Å²) in [6, 6.07) is 1.68. The normalized spacial score (nSPS) is 26.1. The molecule has 0 aromatic carbocycles. The highest BCUT2D eigenvalue weighted by molar-refractivity contribution is 7.12. The molecule has 2 rings (SSSR count). The Morgan fingerprint density at radius 2 is 2.18 bits per heavy atom. The molecule has 22 heavy (non-hydrogen) atoms. The molecule has 1 aliphatic rings. The van der Waals surface area contributed by atoms with Crippen molar-refractivity contribution in [2.75, 3.05) is 13.7 Å². The lowest BCUT2D eigenvalue weighted by molar-refractivity contribution is -0.190. The number of carbonyl (C=O) groups excluding carboxylic acids is 1. The van der Waals surface area contributed by atoms with Crippen LogP contribution in [0.4, 0.5) is 0 Å². The number of aliphatic carboxylic acids is 1. The van der Waals surface area contributed by atoms with Gasteiger partial charge in [-0.3, -0.25) is 4.79 Å². The summed E-state index contributed by atoms with van der Waals surface area (Å²) in [4.78, 5) is 24.7. The maximum atomic E-state index is 12.5. The van der Waals surface area contributed by atoms with E-state index in [0.717, 1.165) is 0 Å². The van der Waals surface area contributed by atoms with E-state index in [1.54, 1.807) is 25.3 Å². The second-order valence-corrected chi connectivity index (χ2v) is 6.77. The third-order valence-electron chi connectivity index (χ3n) is 4.51. The van der Waals surface area contributed by atoms with Crippen LogP contribution in [-0.4, -0.2) is 42.3 Å². The van der Waals surface area contributed by atoms with Crippen molar-refractivity contribution in [3.63, 3.8) is 0 Å². The van der Waals surface area contributed by atoms with E-state index in [1.807, 2.05) is 6.92 Å². The Hall–Kier alpha value is -1.60. The van der Waals surface area contributed by atoms with E-state index >= 15 is 0 Å². The molecule has 1 saturated carbocycles. The fourth-order valence-electron chi connectivity index (χ4n) is 2.91. The predicted molar refractivity (Wildman–Crippen MR) is 82.5 cm³/mol. The monoisotopic (exact) mass is 327 g/mol. The van der Waals surface area contributed by atoms with Crippen molar-refractivity contribution < 1.29 is 24.2 Å². The zero-order valence-corrected chi connectivity index (χ0v) is 14.0. The molecular formula is C15H21NO5S. The Bertz CT molecular complexity index is 582. The number of nitrogens with one attached hydrogen (secondary N) is 1. The molecule has 1 aliphatic carbocycles. The zero-order valence-electron chi connectivity index (χ0n) is 13.1. The van der Waals surface area contributed by atoms with Crippen LogP contribution < -0.4 is 10.1 Å². The zero-order chi connectivity index (χ0) is 16.5. The van der Waals surface area contributed by atoms with Crippen LogP contribution >= 0.6 is 11.3 Å². The van der Waals surface area contributed by atoms with E-state index in [0.29, 0.717) is 17.2 Å². The predicted octanol–water partition coefficient (Wildman–Crippen LogP) is 2.14. The van der Waals surface area contributed by atoms with Crippen LogP contribution in [0, 0.1) is 5.41 Å². The molecule has 1 aromatic rings. The van der Waals surface area contributed by atoms with Gasteiger partial charge in [-0.1, -0.05) is 13.8 Å². The number of amides is 1. The van der Waals surface area contributed by atoms with Gasteiger partial charge in [-0.2, -0.15) is 0 Å². The summed E-state index contributed by atoms with van der Waals surface area (Å²) in [5, 5.41) is 14.1.